The van der Waals surface area contributed by atoms with E-state index in [1.807, 2.05) is 0 Å². The minimum atomic E-state index is -1.76. The number of carbonyl (C=O) groups is 1. The van der Waals surface area contributed by atoms with Crippen LogP contribution in [-0.2, 0) is 47.4 Å². The summed E-state index contributed by atoms with van der Waals surface area (Å²) < 4.78 is 55.8. The SMILES string of the molecule is CC(=O)O[C@H]1[C@H](O[C@H]2[C@H](O[C@H]3CC[C@@]4(C)C(=CC[C@@H]5[C@@H]4CC[C@@]4(C)[C@H]5C[C@@H]5O[C@]6(CC[C@@H](C)CO6)[C@@H](C)[C@@]54O)C3)O[C@H](CO)[C@@H](O)[C@@H]2OC2OC[C@@H](O)[C@H](O)[C@H]2O)O[C@@H](C)[C@H](O)[C@H]1O. The van der Waals surface area contributed by atoms with Crippen LogP contribution in [0.15, 0.2) is 11.6 Å². The Hall–Kier alpha value is -1.43. The molecule has 5 aliphatic heterocycles. The predicted octanol–water partition coefficient (Wildman–Crippen LogP) is 0.539. The Balaban J connectivity index is 0.957. The van der Waals surface area contributed by atoms with Crippen molar-refractivity contribution in [2.45, 2.75) is 209 Å². The fourth-order valence-electron chi connectivity index (χ4n) is 14.0. The number of esters is 1. The molecule has 8 fully saturated rings. The summed E-state index contributed by atoms with van der Waals surface area (Å²) in [6.45, 7) is 11.2. The fourth-order valence-corrected chi connectivity index (χ4v) is 14.0. The summed E-state index contributed by atoms with van der Waals surface area (Å²) in [5.74, 6) is -0.201. The van der Waals surface area contributed by atoms with E-state index in [-0.39, 0.29) is 28.8 Å². The van der Waals surface area contributed by atoms with E-state index in [1.54, 1.807) is 0 Å². The van der Waals surface area contributed by atoms with Crippen LogP contribution >= 0.6 is 0 Å². The lowest BCUT2D eigenvalue weighted by atomic mass is 9.46. The van der Waals surface area contributed by atoms with E-state index in [0.717, 1.165) is 51.9 Å². The maximum absolute atomic E-state index is 12.8. The second-order valence-corrected chi connectivity index (χ2v) is 21.3. The molecular weight excluding hydrogens is 840 g/mol. The van der Waals surface area contributed by atoms with Gasteiger partial charge < -0.3 is 83.5 Å². The van der Waals surface area contributed by atoms with E-state index in [4.69, 9.17) is 42.6 Å². The summed E-state index contributed by atoms with van der Waals surface area (Å²) in [6.07, 6.45) is -12.0. The van der Waals surface area contributed by atoms with Gasteiger partial charge in [0.15, 0.2) is 30.8 Å². The van der Waals surface area contributed by atoms with Crippen molar-refractivity contribution in [3.8, 4) is 0 Å². The van der Waals surface area contributed by atoms with E-state index < -0.39 is 123 Å². The summed E-state index contributed by atoms with van der Waals surface area (Å²) in [6, 6.07) is 0. The van der Waals surface area contributed by atoms with E-state index in [0.29, 0.717) is 37.2 Å². The van der Waals surface area contributed by atoms with Gasteiger partial charge >= 0.3 is 5.97 Å². The molecule has 5 saturated heterocycles. The molecule has 9 aliphatic rings. The van der Waals surface area contributed by atoms with Crippen molar-refractivity contribution >= 4 is 5.97 Å². The highest BCUT2D eigenvalue weighted by Crippen LogP contribution is 2.72. The average Bonchev–Trinajstić information content (AvgIpc) is 3.62. The molecule has 0 aromatic rings. The van der Waals surface area contributed by atoms with E-state index >= 15 is 0 Å². The smallest absolute Gasteiger partial charge is 0.303 e. The predicted molar refractivity (Wildman–Crippen MR) is 219 cm³/mol. The Morgan fingerprint density at radius 2 is 1.53 bits per heavy atom. The molecule has 18 heteroatoms. The van der Waals surface area contributed by atoms with Gasteiger partial charge in [-0.15, -0.1) is 0 Å². The Kier molecular flexibility index (Phi) is 13.0. The molecule has 1 unspecified atom stereocenters. The van der Waals surface area contributed by atoms with Gasteiger partial charge in [0, 0.05) is 24.7 Å². The summed E-state index contributed by atoms with van der Waals surface area (Å²) in [5, 5.41) is 88.1. The van der Waals surface area contributed by atoms with Gasteiger partial charge in [0.25, 0.3) is 0 Å². The standard InChI is InChI=1S/C46H72O18/c1-20-9-14-45(57-18-20)22(3)46(55)31(64-45)16-28-26-8-7-24-15-25(10-12-43(24,5)27(26)11-13-44(28,46)6)60-42-39(63-41-38(59-23(4)48)35(53)32(50)21(2)58-41)37(34(52)30(17-47)61-42)62-40-36(54)33(51)29(49)19-56-40/h7,20-22,25-42,47,49-55H,8-19H2,1-6H3/t20-,21+,22-,25+,26-,27+,28+,29-,30-,31+,32+,33+,34-,35-,36-,37+,38-,39-,40?,41+,42-,43+,44+,45-,46-/m1/s1. The molecule has 9 rings (SSSR count). The highest BCUT2D eigenvalue weighted by atomic mass is 16.8. The maximum Gasteiger partial charge on any atom is 0.303 e. The lowest BCUT2D eigenvalue weighted by Crippen LogP contribution is -2.66. The molecule has 18 nitrogen and oxygen atoms in total. The topological polar surface area (TPSA) is 262 Å². The van der Waals surface area contributed by atoms with Crippen molar-refractivity contribution in [3.05, 3.63) is 11.6 Å². The van der Waals surface area contributed by atoms with Crippen molar-refractivity contribution in [2.24, 2.45) is 40.4 Å². The number of hydrogen-bond acceptors (Lipinski definition) is 18. The first-order valence-corrected chi connectivity index (χ1v) is 23.7. The normalized spacial score (nSPS) is 56.1. The molecule has 4 aliphatic carbocycles. The van der Waals surface area contributed by atoms with E-state index in [1.165, 1.54) is 12.5 Å². The number of rotatable bonds is 8. The van der Waals surface area contributed by atoms with Gasteiger partial charge in [-0.2, -0.15) is 0 Å². The van der Waals surface area contributed by atoms with Crippen molar-refractivity contribution in [1.29, 1.82) is 0 Å². The van der Waals surface area contributed by atoms with Crippen LogP contribution in [0.25, 0.3) is 0 Å². The lowest BCUT2D eigenvalue weighted by molar-refractivity contribution is -0.390. The Bertz CT molecular complexity index is 1730. The van der Waals surface area contributed by atoms with Gasteiger partial charge in [0.1, 0.15) is 60.5 Å². The first kappa shape index (κ1) is 47.6. The van der Waals surface area contributed by atoms with Crippen molar-refractivity contribution in [2.75, 3.05) is 19.8 Å². The summed E-state index contributed by atoms with van der Waals surface area (Å²) in [4.78, 5) is 12.2. The molecule has 64 heavy (non-hydrogen) atoms. The summed E-state index contributed by atoms with van der Waals surface area (Å²) >= 11 is 0. The highest BCUT2D eigenvalue weighted by molar-refractivity contribution is 5.66. The number of aliphatic hydroxyl groups excluding tert-OH is 7. The highest BCUT2D eigenvalue weighted by Gasteiger charge is 2.76. The van der Waals surface area contributed by atoms with E-state index in [2.05, 4.69) is 33.8 Å². The molecule has 0 aromatic carbocycles. The molecule has 0 aromatic heterocycles. The molecule has 1 spiro atoms. The average molecular weight is 913 g/mol. The summed E-state index contributed by atoms with van der Waals surface area (Å²) in [7, 11) is 0. The zero-order valence-electron chi connectivity index (χ0n) is 37.8. The maximum atomic E-state index is 12.8. The zero-order valence-corrected chi connectivity index (χ0v) is 37.8. The Labute approximate surface area is 374 Å². The van der Waals surface area contributed by atoms with Crippen molar-refractivity contribution in [1.82, 2.24) is 0 Å². The fraction of sp³-hybridized carbons (Fsp3) is 0.935. The quantitative estimate of drug-likeness (QED) is 0.122. The molecule has 364 valence electrons. The number of ether oxygens (including phenoxy) is 9. The van der Waals surface area contributed by atoms with E-state index in [9.17, 15) is 45.6 Å². The number of aliphatic hydroxyl groups is 8. The number of fused-ring (bicyclic) bond motifs is 7. The van der Waals surface area contributed by atoms with Gasteiger partial charge in [0.05, 0.1) is 38.1 Å². The third-order valence-corrected chi connectivity index (χ3v) is 17.8. The van der Waals surface area contributed by atoms with Crippen LogP contribution in [0.3, 0.4) is 0 Å². The monoisotopic (exact) mass is 912 g/mol. The van der Waals surface area contributed by atoms with Crippen LogP contribution in [-0.4, -0.2) is 176 Å². The van der Waals surface area contributed by atoms with Crippen LogP contribution in [0.5, 0.6) is 0 Å². The molecular formula is C46H72O18. The minimum Gasteiger partial charge on any atom is -0.454 e. The number of allylic oxidation sites excluding steroid dienone is 1. The Morgan fingerprint density at radius 3 is 2.23 bits per heavy atom. The largest absolute Gasteiger partial charge is 0.454 e. The first-order chi connectivity index (χ1) is 30.3. The molecule has 0 bridgehead atoms. The van der Waals surface area contributed by atoms with Crippen LogP contribution in [0, 0.1) is 40.4 Å². The van der Waals surface area contributed by atoms with Gasteiger partial charge in [-0.05, 0) is 87.4 Å². The second-order valence-electron chi connectivity index (χ2n) is 21.3. The van der Waals surface area contributed by atoms with Gasteiger partial charge in [-0.25, -0.2) is 0 Å². The second kappa shape index (κ2) is 17.5. The molecule has 0 amide bonds. The molecule has 3 saturated carbocycles. The molecule has 25 atom stereocenters. The molecule has 0 radical (unpaired) electrons. The van der Waals surface area contributed by atoms with Crippen LogP contribution in [0.4, 0.5) is 0 Å². The van der Waals surface area contributed by atoms with Crippen molar-refractivity contribution < 1.29 is 88.3 Å². The first-order valence-electron chi connectivity index (χ1n) is 23.7. The Morgan fingerprint density at radius 1 is 0.797 bits per heavy atom. The third-order valence-electron chi connectivity index (χ3n) is 17.8. The van der Waals surface area contributed by atoms with Gasteiger partial charge in [-0.3, -0.25) is 4.79 Å². The van der Waals surface area contributed by atoms with Crippen LogP contribution in [0.1, 0.15) is 99.3 Å². The number of carbonyl (C=O) groups excluding carboxylic acids is 1. The zero-order chi connectivity index (χ0) is 45.8. The summed E-state index contributed by atoms with van der Waals surface area (Å²) in [5.41, 5.74) is -0.186. The lowest BCUT2D eigenvalue weighted by Gasteiger charge is -2.60. The molecule has 8 N–H and O–H groups in total. The van der Waals surface area contributed by atoms with Crippen LogP contribution < -0.4 is 0 Å². The van der Waals surface area contributed by atoms with Crippen molar-refractivity contribution in [3.63, 3.8) is 0 Å². The number of hydrogen-bond donors (Lipinski definition) is 8. The third kappa shape index (κ3) is 7.56. The van der Waals surface area contributed by atoms with Gasteiger partial charge in [-0.1, -0.05) is 39.3 Å². The van der Waals surface area contributed by atoms with Gasteiger partial charge in [0.2, 0.25) is 0 Å². The molecule has 5 heterocycles. The minimum absolute atomic E-state index is 0.139. The van der Waals surface area contributed by atoms with Crippen LogP contribution in [0.2, 0.25) is 0 Å².